The van der Waals surface area contributed by atoms with Gasteiger partial charge in [0.25, 0.3) is 11.6 Å². The molecule has 0 atom stereocenters. The minimum atomic E-state index is -0.500. The lowest BCUT2D eigenvalue weighted by Crippen LogP contribution is -2.20. The third kappa shape index (κ3) is 4.79. The van der Waals surface area contributed by atoms with E-state index in [1.54, 1.807) is 0 Å². The molecule has 0 aromatic heterocycles. The summed E-state index contributed by atoms with van der Waals surface area (Å²) in [6.07, 6.45) is 0. The second kappa shape index (κ2) is 7.23. The topological polar surface area (TPSA) is 81.5 Å². The quantitative estimate of drug-likeness (QED) is 0.629. The van der Waals surface area contributed by atoms with E-state index in [9.17, 15) is 14.9 Å². The largest absolute Gasteiger partial charge is 0.484 e. The number of ether oxygens (including phenoxy) is 1. The molecule has 0 spiro atoms. The molecule has 7 heteroatoms. The van der Waals surface area contributed by atoms with E-state index in [0.717, 1.165) is 11.1 Å². The van der Waals surface area contributed by atoms with Gasteiger partial charge in [0.1, 0.15) is 5.75 Å². The number of nitro benzene ring substituents is 1. The van der Waals surface area contributed by atoms with Gasteiger partial charge in [-0.05, 0) is 59.1 Å². The summed E-state index contributed by atoms with van der Waals surface area (Å²) in [6.45, 7) is 3.76. The predicted octanol–water partition coefficient (Wildman–Crippen LogP) is 3.99. The Labute approximate surface area is 141 Å². The molecule has 0 aliphatic heterocycles. The van der Waals surface area contributed by atoms with Crippen LogP contribution in [0.5, 0.6) is 5.75 Å². The Hall–Kier alpha value is -2.41. The Bertz CT molecular complexity index is 741. The van der Waals surface area contributed by atoms with Crippen molar-refractivity contribution in [2.24, 2.45) is 0 Å². The van der Waals surface area contributed by atoms with Crippen LogP contribution in [0.25, 0.3) is 0 Å². The van der Waals surface area contributed by atoms with Crippen molar-refractivity contribution in [3.8, 4) is 5.75 Å². The number of benzene rings is 2. The number of anilines is 1. The van der Waals surface area contributed by atoms with E-state index in [0.29, 0.717) is 15.9 Å². The molecular formula is C16H15BrN2O4. The summed E-state index contributed by atoms with van der Waals surface area (Å²) in [5.41, 5.74) is 2.50. The number of aryl methyl sites for hydroxylation is 2. The molecule has 6 nitrogen and oxygen atoms in total. The number of hydrogen-bond donors (Lipinski definition) is 1. The number of rotatable bonds is 5. The third-order valence-electron chi connectivity index (χ3n) is 3.00. The Morgan fingerprint density at radius 2 is 1.87 bits per heavy atom. The maximum Gasteiger partial charge on any atom is 0.270 e. The standard InChI is InChI=1S/C16H15BrN2O4/c1-10-5-11(2)7-13(6-10)23-9-16(20)18-15-4-3-12(19(21)22)8-14(15)17/h3-8H,9H2,1-2H3,(H,18,20). The molecule has 2 rings (SSSR count). The molecule has 2 aromatic carbocycles. The first-order valence-electron chi connectivity index (χ1n) is 6.80. The Kier molecular flexibility index (Phi) is 5.33. The van der Waals surface area contributed by atoms with Gasteiger partial charge < -0.3 is 10.1 Å². The number of non-ortho nitro benzene ring substituents is 1. The van der Waals surface area contributed by atoms with E-state index >= 15 is 0 Å². The van der Waals surface area contributed by atoms with Crippen LogP contribution in [-0.2, 0) is 4.79 Å². The van der Waals surface area contributed by atoms with Crippen LogP contribution >= 0.6 is 15.9 Å². The first-order chi connectivity index (χ1) is 10.8. The number of nitrogens with one attached hydrogen (secondary N) is 1. The molecule has 0 heterocycles. The monoisotopic (exact) mass is 378 g/mol. The normalized spacial score (nSPS) is 10.2. The maximum atomic E-state index is 11.9. The van der Waals surface area contributed by atoms with Crippen molar-refractivity contribution in [1.29, 1.82) is 0 Å². The minimum absolute atomic E-state index is 0.0543. The molecule has 0 radical (unpaired) electrons. The van der Waals surface area contributed by atoms with Gasteiger partial charge in [0.2, 0.25) is 0 Å². The van der Waals surface area contributed by atoms with Gasteiger partial charge in [-0.2, -0.15) is 0 Å². The van der Waals surface area contributed by atoms with Crippen LogP contribution in [-0.4, -0.2) is 17.4 Å². The van der Waals surface area contributed by atoms with Crippen LogP contribution in [0, 0.1) is 24.0 Å². The van der Waals surface area contributed by atoms with E-state index in [4.69, 9.17) is 4.74 Å². The number of carbonyl (C=O) groups is 1. The molecule has 2 aromatic rings. The van der Waals surface area contributed by atoms with E-state index in [2.05, 4.69) is 21.2 Å². The van der Waals surface area contributed by atoms with Gasteiger partial charge in [0.05, 0.1) is 10.6 Å². The molecule has 0 aliphatic carbocycles. The first kappa shape index (κ1) is 17.0. The van der Waals surface area contributed by atoms with Crippen molar-refractivity contribution in [2.75, 3.05) is 11.9 Å². The average molecular weight is 379 g/mol. The molecule has 0 saturated heterocycles. The number of halogens is 1. The zero-order valence-electron chi connectivity index (χ0n) is 12.6. The van der Waals surface area contributed by atoms with Crippen molar-refractivity contribution in [1.82, 2.24) is 0 Å². The lowest BCUT2D eigenvalue weighted by Gasteiger charge is -2.10. The fourth-order valence-corrected chi connectivity index (χ4v) is 2.54. The second-order valence-corrected chi connectivity index (χ2v) is 5.94. The molecule has 0 aliphatic rings. The number of nitro groups is 1. The molecule has 1 N–H and O–H groups in total. The van der Waals surface area contributed by atoms with Crippen LogP contribution in [0.3, 0.4) is 0 Å². The first-order valence-corrected chi connectivity index (χ1v) is 7.59. The van der Waals surface area contributed by atoms with Gasteiger partial charge in [-0.1, -0.05) is 6.07 Å². The lowest BCUT2D eigenvalue weighted by molar-refractivity contribution is -0.384. The zero-order chi connectivity index (χ0) is 17.0. The molecule has 0 fully saturated rings. The highest BCUT2D eigenvalue weighted by Crippen LogP contribution is 2.27. The van der Waals surface area contributed by atoms with Crippen LogP contribution in [0.15, 0.2) is 40.9 Å². The van der Waals surface area contributed by atoms with Crippen LogP contribution in [0.1, 0.15) is 11.1 Å². The number of amides is 1. The van der Waals surface area contributed by atoms with Crippen LogP contribution in [0.2, 0.25) is 0 Å². The summed E-state index contributed by atoms with van der Waals surface area (Å²) < 4.78 is 5.90. The average Bonchev–Trinajstić information content (AvgIpc) is 2.46. The molecule has 120 valence electrons. The molecule has 23 heavy (non-hydrogen) atoms. The summed E-state index contributed by atoms with van der Waals surface area (Å²) in [7, 11) is 0. The SMILES string of the molecule is Cc1cc(C)cc(OCC(=O)Nc2ccc([N+](=O)[O-])cc2Br)c1. The highest BCUT2D eigenvalue weighted by Gasteiger charge is 2.11. The predicted molar refractivity (Wildman–Crippen MR) is 90.8 cm³/mol. The highest BCUT2D eigenvalue weighted by molar-refractivity contribution is 9.10. The minimum Gasteiger partial charge on any atom is -0.484 e. The fourth-order valence-electron chi connectivity index (χ4n) is 2.07. The molecule has 1 amide bonds. The summed E-state index contributed by atoms with van der Waals surface area (Å²) in [4.78, 5) is 22.1. The summed E-state index contributed by atoms with van der Waals surface area (Å²) in [5.74, 6) is 0.277. The Morgan fingerprint density at radius 3 is 2.43 bits per heavy atom. The van der Waals surface area contributed by atoms with Gasteiger partial charge in [-0.3, -0.25) is 14.9 Å². The third-order valence-corrected chi connectivity index (χ3v) is 3.66. The number of hydrogen-bond acceptors (Lipinski definition) is 4. The summed E-state index contributed by atoms with van der Waals surface area (Å²) in [5, 5.41) is 13.3. The summed E-state index contributed by atoms with van der Waals surface area (Å²) >= 11 is 3.20. The van der Waals surface area contributed by atoms with Gasteiger partial charge in [0.15, 0.2) is 6.61 Å². The van der Waals surface area contributed by atoms with E-state index in [1.165, 1.54) is 18.2 Å². The maximum absolute atomic E-state index is 11.9. The molecule has 0 unspecified atom stereocenters. The fraction of sp³-hybridized carbons (Fsp3) is 0.188. The summed E-state index contributed by atoms with van der Waals surface area (Å²) in [6, 6.07) is 9.84. The van der Waals surface area contributed by atoms with Gasteiger partial charge in [0, 0.05) is 16.6 Å². The Balaban J connectivity index is 1.98. The van der Waals surface area contributed by atoms with Crippen molar-refractivity contribution in [2.45, 2.75) is 13.8 Å². The van der Waals surface area contributed by atoms with Crippen molar-refractivity contribution >= 4 is 33.2 Å². The van der Waals surface area contributed by atoms with Gasteiger partial charge in [-0.25, -0.2) is 0 Å². The lowest BCUT2D eigenvalue weighted by atomic mass is 10.1. The molecule has 0 saturated carbocycles. The van der Waals surface area contributed by atoms with Crippen molar-refractivity contribution in [3.63, 3.8) is 0 Å². The highest BCUT2D eigenvalue weighted by atomic mass is 79.9. The van der Waals surface area contributed by atoms with E-state index in [-0.39, 0.29) is 18.2 Å². The number of carbonyl (C=O) groups excluding carboxylic acids is 1. The smallest absolute Gasteiger partial charge is 0.270 e. The molecular weight excluding hydrogens is 364 g/mol. The van der Waals surface area contributed by atoms with E-state index in [1.807, 2.05) is 32.0 Å². The van der Waals surface area contributed by atoms with Crippen LogP contribution < -0.4 is 10.1 Å². The number of nitrogens with zero attached hydrogens (tertiary/aromatic N) is 1. The van der Waals surface area contributed by atoms with Gasteiger partial charge >= 0.3 is 0 Å². The molecule has 0 bridgehead atoms. The second-order valence-electron chi connectivity index (χ2n) is 5.08. The van der Waals surface area contributed by atoms with E-state index < -0.39 is 4.92 Å². The van der Waals surface area contributed by atoms with Crippen molar-refractivity contribution < 1.29 is 14.5 Å². The van der Waals surface area contributed by atoms with Gasteiger partial charge in [-0.15, -0.1) is 0 Å². The zero-order valence-corrected chi connectivity index (χ0v) is 14.2. The Morgan fingerprint density at radius 1 is 1.22 bits per heavy atom. The van der Waals surface area contributed by atoms with Crippen LogP contribution in [0.4, 0.5) is 11.4 Å². The van der Waals surface area contributed by atoms with Crippen molar-refractivity contribution in [3.05, 3.63) is 62.1 Å².